The van der Waals surface area contributed by atoms with Crippen LogP contribution in [0.25, 0.3) is 0 Å². The fourth-order valence-corrected chi connectivity index (χ4v) is 2.08. The molecule has 0 spiro atoms. The number of carbonyl (C=O) groups excluding carboxylic acids is 2. The van der Waals surface area contributed by atoms with Crippen molar-refractivity contribution in [3.8, 4) is 0 Å². The molecule has 1 aromatic rings. The molecule has 1 heterocycles. The molecule has 0 bridgehead atoms. The fourth-order valence-electron chi connectivity index (χ4n) is 2.08. The maximum atomic E-state index is 13.6. The first-order chi connectivity index (χ1) is 9.40. The Labute approximate surface area is 114 Å². The van der Waals surface area contributed by atoms with E-state index in [1.54, 1.807) is 0 Å². The maximum absolute atomic E-state index is 13.6. The predicted molar refractivity (Wildman–Crippen MR) is 67.5 cm³/mol. The number of hydrogen-bond donors (Lipinski definition) is 1. The molecular formula is C13H15F2N3O2. The van der Waals surface area contributed by atoms with Crippen LogP contribution in [0.1, 0.15) is 11.6 Å². The number of halogens is 2. The first kappa shape index (κ1) is 14.4. The molecule has 0 saturated carbocycles. The van der Waals surface area contributed by atoms with Crippen molar-refractivity contribution >= 4 is 11.8 Å². The number of likely N-dealkylation sites (N-methyl/N-ethyl adjacent to an activating group) is 1. The van der Waals surface area contributed by atoms with Gasteiger partial charge in [0.2, 0.25) is 0 Å². The summed E-state index contributed by atoms with van der Waals surface area (Å²) in [5.41, 5.74) is 5.80. The number of amides is 2. The van der Waals surface area contributed by atoms with Gasteiger partial charge in [0.1, 0.15) is 11.6 Å². The standard InChI is InChI=1S/C13H15F2N3O2/c1-17-4-5-18(13(20)12(17)19)7-11(16)9-6-8(14)2-3-10(9)15/h2-3,6,11H,4-5,7,16H2,1H3. The first-order valence-corrected chi connectivity index (χ1v) is 6.15. The van der Waals surface area contributed by atoms with Crippen molar-refractivity contribution in [3.05, 3.63) is 35.4 Å². The van der Waals surface area contributed by atoms with E-state index in [0.717, 1.165) is 18.2 Å². The molecule has 1 saturated heterocycles. The molecule has 20 heavy (non-hydrogen) atoms. The molecule has 2 N–H and O–H groups in total. The SMILES string of the molecule is CN1CCN(CC(N)c2cc(F)ccc2F)C(=O)C1=O. The van der Waals surface area contributed by atoms with E-state index in [9.17, 15) is 18.4 Å². The van der Waals surface area contributed by atoms with Crippen LogP contribution >= 0.6 is 0 Å². The van der Waals surface area contributed by atoms with E-state index < -0.39 is 29.5 Å². The van der Waals surface area contributed by atoms with Gasteiger partial charge in [-0.2, -0.15) is 0 Å². The van der Waals surface area contributed by atoms with Crippen LogP contribution in [-0.2, 0) is 9.59 Å². The van der Waals surface area contributed by atoms with Gasteiger partial charge in [-0.3, -0.25) is 9.59 Å². The third-order valence-corrected chi connectivity index (χ3v) is 3.30. The number of hydrogen-bond acceptors (Lipinski definition) is 3. The number of carbonyl (C=O) groups is 2. The van der Waals surface area contributed by atoms with Crippen LogP contribution in [0.3, 0.4) is 0 Å². The summed E-state index contributed by atoms with van der Waals surface area (Å²) in [5, 5.41) is 0. The summed E-state index contributed by atoms with van der Waals surface area (Å²) >= 11 is 0. The Morgan fingerprint density at radius 3 is 2.65 bits per heavy atom. The smallest absolute Gasteiger partial charge is 0.312 e. The van der Waals surface area contributed by atoms with Crippen LogP contribution in [0.5, 0.6) is 0 Å². The second-order valence-corrected chi connectivity index (χ2v) is 4.75. The summed E-state index contributed by atoms with van der Waals surface area (Å²) < 4.78 is 26.7. The van der Waals surface area contributed by atoms with E-state index in [2.05, 4.69) is 0 Å². The Kier molecular flexibility index (Phi) is 3.99. The second kappa shape index (κ2) is 5.54. The van der Waals surface area contributed by atoms with E-state index in [0.29, 0.717) is 13.1 Å². The molecule has 2 rings (SSSR count). The zero-order chi connectivity index (χ0) is 14.9. The molecule has 5 nitrogen and oxygen atoms in total. The summed E-state index contributed by atoms with van der Waals surface area (Å²) in [6.45, 7) is 0.688. The summed E-state index contributed by atoms with van der Waals surface area (Å²) in [6.07, 6.45) is 0. The van der Waals surface area contributed by atoms with Gasteiger partial charge in [0.05, 0.1) is 6.04 Å². The molecule has 1 aliphatic rings. The second-order valence-electron chi connectivity index (χ2n) is 4.75. The molecule has 108 valence electrons. The van der Waals surface area contributed by atoms with E-state index in [1.807, 2.05) is 0 Å². The Morgan fingerprint density at radius 1 is 1.25 bits per heavy atom. The molecular weight excluding hydrogens is 268 g/mol. The fraction of sp³-hybridized carbons (Fsp3) is 0.385. The number of nitrogens with zero attached hydrogens (tertiary/aromatic N) is 2. The van der Waals surface area contributed by atoms with Gasteiger partial charge in [0.25, 0.3) is 0 Å². The van der Waals surface area contributed by atoms with Crippen molar-refractivity contribution in [2.24, 2.45) is 5.73 Å². The minimum absolute atomic E-state index is 0.0100. The molecule has 1 atom stereocenters. The van der Waals surface area contributed by atoms with E-state index in [1.165, 1.54) is 16.8 Å². The lowest BCUT2D eigenvalue weighted by Gasteiger charge is -2.33. The van der Waals surface area contributed by atoms with E-state index in [-0.39, 0.29) is 12.1 Å². The lowest BCUT2D eigenvalue weighted by Crippen LogP contribution is -2.54. The van der Waals surface area contributed by atoms with Gasteiger partial charge in [-0.25, -0.2) is 8.78 Å². The van der Waals surface area contributed by atoms with Crippen molar-refractivity contribution in [2.75, 3.05) is 26.7 Å². The Bertz CT molecular complexity index is 550. The van der Waals surface area contributed by atoms with Gasteiger partial charge < -0.3 is 15.5 Å². The van der Waals surface area contributed by atoms with E-state index in [4.69, 9.17) is 5.73 Å². The lowest BCUT2D eigenvalue weighted by molar-refractivity contribution is -0.155. The molecule has 0 radical (unpaired) electrons. The van der Waals surface area contributed by atoms with Gasteiger partial charge in [-0.1, -0.05) is 0 Å². The molecule has 2 amide bonds. The highest BCUT2D eigenvalue weighted by Gasteiger charge is 2.31. The van der Waals surface area contributed by atoms with Gasteiger partial charge in [0.15, 0.2) is 0 Å². The molecule has 0 aliphatic carbocycles. The number of rotatable bonds is 3. The third kappa shape index (κ3) is 2.77. The zero-order valence-corrected chi connectivity index (χ0v) is 11.0. The topological polar surface area (TPSA) is 66.6 Å². The highest BCUT2D eigenvalue weighted by molar-refractivity contribution is 6.35. The number of nitrogens with two attached hydrogens (primary N) is 1. The monoisotopic (exact) mass is 283 g/mol. The summed E-state index contributed by atoms with van der Waals surface area (Å²) in [7, 11) is 1.53. The van der Waals surface area contributed by atoms with Gasteiger partial charge >= 0.3 is 11.8 Å². The van der Waals surface area contributed by atoms with Gasteiger partial charge in [-0.15, -0.1) is 0 Å². The summed E-state index contributed by atoms with van der Waals surface area (Å²) in [6, 6.07) is 2.10. The highest BCUT2D eigenvalue weighted by atomic mass is 19.1. The molecule has 1 fully saturated rings. The quantitative estimate of drug-likeness (QED) is 0.809. The van der Waals surface area contributed by atoms with Crippen LogP contribution in [0, 0.1) is 11.6 Å². The minimum Gasteiger partial charge on any atom is -0.336 e. The Balaban J connectivity index is 2.11. The van der Waals surface area contributed by atoms with Crippen LogP contribution in [0.4, 0.5) is 8.78 Å². The lowest BCUT2D eigenvalue weighted by atomic mass is 10.1. The molecule has 0 aromatic heterocycles. The van der Waals surface area contributed by atoms with Crippen molar-refractivity contribution in [1.29, 1.82) is 0 Å². The van der Waals surface area contributed by atoms with Crippen molar-refractivity contribution < 1.29 is 18.4 Å². The largest absolute Gasteiger partial charge is 0.336 e. The van der Waals surface area contributed by atoms with Gasteiger partial charge in [-0.05, 0) is 18.2 Å². The molecule has 1 unspecified atom stereocenters. The van der Waals surface area contributed by atoms with Crippen molar-refractivity contribution in [1.82, 2.24) is 9.80 Å². The Morgan fingerprint density at radius 2 is 1.95 bits per heavy atom. The van der Waals surface area contributed by atoms with Crippen LogP contribution in [0.2, 0.25) is 0 Å². The summed E-state index contributed by atoms with van der Waals surface area (Å²) in [5.74, 6) is -2.53. The maximum Gasteiger partial charge on any atom is 0.312 e. The average molecular weight is 283 g/mol. The number of benzene rings is 1. The zero-order valence-electron chi connectivity index (χ0n) is 11.0. The van der Waals surface area contributed by atoms with Gasteiger partial charge in [0, 0.05) is 32.2 Å². The van der Waals surface area contributed by atoms with Crippen molar-refractivity contribution in [3.63, 3.8) is 0 Å². The van der Waals surface area contributed by atoms with Crippen LogP contribution in [0.15, 0.2) is 18.2 Å². The van der Waals surface area contributed by atoms with Crippen molar-refractivity contribution in [2.45, 2.75) is 6.04 Å². The number of piperazine rings is 1. The normalized spacial score (nSPS) is 17.6. The highest BCUT2D eigenvalue weighted by Crippen LogP contribution is 2.18. The predicted octanol–water partition coefficient (Wildman–Crippen LogP) is 0.265. The molecule has 1 aliphatic heterocycles. The summed E-state index contributed by atoms with van der Waals surface area (Å²) in [4.78, 5) is 25.9. The first-order valence-electron chi connectivity index (χ1n) is 6.15. The molecule has 7 heteroatoms. The minimum atomic E-state index is -0.883. The third-order valence-electron chi connectivity index (χ3n) is 3.30. The van der Waals surface area contributed by atoms with E-state index >= 15 is 0 Å². The molecule has 1 aromatic carbocycles. The Hall–Kier alpha value is -2.02. The average Bonchev–Trinajstić information content (AvgIpc) is 2.42. The van der Waals surface area contributed by atoms with Crippen LogP contribution in [-0.4, -0.2) is 48.3 Å². The van der Waals surface area contributed by atoms with Crippen LogP contribution < -0.4 is 5.73 Å².